The largest absolute Gasteiger partial charge is 0.496 e. The first kappa shape index (κ1) is 17.2. The number of amides is 1. The summed E-state index contributed by atoms with van der Waals surface area (Å²) < 4.78 is 6.87. The molecule has 27 heavy (non-hydrogen) atoms. The minimum absolute atomic E-state index is 0.0699. The number of nitrogens with one attached hydrogen (secondary N) is 1. The number of hydrogen-bond acceptors (Lipinski definition) is 5. The van der Waals surface area contributed by atoms with Gasteiger partial charge in [-0.2, -0.15) is 0 Å². The Bertz CT molecular complexity index is 1050. The Morgan fingerprint density at radius 3 is 2.89 bits per heavy atom. The van der Waals surface area contributed by atoms with Crippen LogP contribution in [0.25, 0.3) is 5.65 Å². The molecule has 1 fully saturated rings. The number of pyridine rings is 1. The Morgan fingerprint density at radius 1 is 1.22 bits per heavy atom. The van der Waals surface area contributed by atoms with E-state index in [1.165, 1.54) is 10.6 Å². The number of fused-ring (bicyclic) bond motifs is 1. The van der Waals surface area contributed by atoms with Gasteiger partial charge in [0.05, 0.1) is 13.2 Å². The van der Waals surface area contributed by atoms with E-state index in [4.69, 9.17) is 4.74 Å². The fourth-order valence-electron chi connectivity index (χ4n) is 3.50. The molecule has 7 nitrogen and oxygen atoms in total. The highest BCUT2D eigenvalue weighted by molar-refractivity contribution is 5.94. The normalized spacial score (nSPS) is 17.1. The highest BCUT2D eigenvalue weighted by atomic mass is 16.5. The zero-order chi connectivity index (χ0) is 18.8. The van der Waals surface area contributed by atoms with Gasteiger partial charge in [-0.3, -0.25) is 14.0 Å². The summed E-state index contributed by atoms with van der Waals surface area (Å²) in [7, 11) is 1.61. The van der Waals surface area contributed by atoms with Crippen LogP contribution in [-0.4, -0.2) is 46.9 Å². The molecule has 2 aromatic heterocycles. The molecular formula is C20H20N4O3. The molecule has 138 valence electrons. The van der Waals surface area contributed by atoms with Gasteiger partial charge in [-0.05, 0) is 18.2 Å². The van der Waals surface area contributed by atoms with Crippen LogP contribution in [0.15, 0.2) is 59.7 Å². The van der Waals surface area contributed by atoms with Crippen molar-refractivity contribution in [2.75, 3.05) is 26.7 Å². The van der Waals surface area contributed by atoms with Crippen molar-refractivity contribution in [1.29, 1.82) is 0 Å². The molecule has 1 aromatic carbocycles. The number of carbonyl (C=O) groups excluding carboxylic acids is 1. The number of benzene rings is 1. The number of piperazine rings is 1. The molecule has 1 aliphatic rings. The van der Waals surface area contributed by atoms with Crippen LogP contribution in [0, 0.1) is 0 Å². The van der Waals surface area contributed by atoms with Crippen molar-refractivity contribution in [3.63, 3.8) is 0 Å². The maximum absolute atomic E-state index is 13.3. The van der Waals surface area contributed by atoms with Crippen LogP contribution in [0.2, 0.25) is 0 Å². The van der Waals surface area contributed by atoms with Gasteiger partial charge in [0.25, 0.3) is 11.5 Å². The first-order valence-electron chi connectivity index (χ1n) is 8.81. The van der Waals surface area contributed by atoms with E-state index in [9.17, 15) is 9.59 Å². The standard InChI is InChI=1S/C20H20N4O3/c1-27-17-7-3-2-6-14(17)16-13-21-9-11-23(16)19(25)15-12-22-18-8-4-5-10-24(18)20(15)26/h2-8,10,12,16,21H,9,11,13H2,1H3. The molecule has 1 N–H and O–H groups in total. The average Bonchev–Trinajstić information content (AvgIpc) is 2.74. The predicted molar refractivity (Wildman–Crippen MR) is 101 cm³/mol. The molecule has 0 spiro atoms. The molecule has 1 atom stereocenters. The van der Waals surface area contributed by atoms with Crippen molar-refractivity contribution >= 4 is 11.6 Å². The van der Waals surface area contributed by atoms with Gasteiger partial charge < -0.3 is 15.0 Å². The maximum atomic E-state index is 13.3. The molecule has 0 radical (unpaired) electrons. The first-order chi connectivity index (χ1) is 13.2. The molecule has 1 aliphatic heterocycles. The number of aromatic nitrogens is 2. The zero-order valence-electron chi connectivity index (χ0n) is 15.0. The fraction of sp³-hybridized carbons (Fsp3) is 0.250. The Morgan fingerprint density at radius 2 is 2.04 bits per heavy atom. The van der Waals surface area contributed by atoms with E-state index in [0.29, 0.717) is 25.3 Å². The number of ether oxygens (including phenoxy) is 1. The average molecular weight is 364 g/mol. The molecule has 1 unspecified atom stereocenters. The summed E-state index contributed by atoms with van der Waals surface area (Å²) in [5, 5.41) is 3.32. The third-order valence-corrected chi connectivity index (χ3v) is 4.85. The maximum Gasteiger partial charge on any atom is 0.270 e. The van der Waals surface area contributed by atoms with Crippen molar-refractivity contribution in [3.05, 3.63) is 76.3 Å². The highest BCUT2D eigenvalue weighted by Crippen LogP contribution is 2.30. The monoisotopic (exact) mass is 364 g/mol. The van der Waals surface area contributed by atoms with Crippen molar-refractivity contribution in [3.8, 4) is 5.75 Å². The lowest BCUT2D eigenvalue weighted by Gasteiger charge is -2.37. The Balaban J connectivity index is 1.75. The third kappa shape index (κ3) is 3.06. The summed E-state index contributed by atoms with van der Waals surface area (Å²) in [5.41, 5.74) is 1.14. The van der Waals surface area contributed by atoms with Crippen molar-refractivity contribution in [2.24, 2.45) is 0 Å². The molecule has 3 aromatic rings. The lowest BCUT2D eigenvalue weighted by Crippen LogP contribution is -2.49. The summed E-state index contributed by atoms with van der Waals surface area (Å²) in [4.78, 5) is 32.1. The summed E-state index contributed by atoms with van der Waals surface area (Å²) in [6.07, 6.45) is 3.00. The summed E-state index contributed by atoms with van der Waals surface area (Å²) in [6, 6.07) is 12.7. The van der Waals surface area contributed by atoms with Gasteiger partial charge in [0, 0.05) is 37.6 Å². The predicted octanol–water partition coefficient (Wildman–Crippen LogP) is 1.49. The van der Waals surface area contributed by atoms with Gasteiger partial charge in [0.2, 0.25) is 0 Å². The number of para-hydroxylation sites is 1. The second-order valence-electron chi connectivity index (χ2n) is 6.37. The summed E-state index contributed by atoms with van der Waals surface area (Å²) >= 11 is 0. The van der Waals surface area contributed by atoms with Crippen LogP contribution in [0.1, 0.15) is 22.0 Å². The first-order valence-corrected chi connectivity index (χ1v) is 8.81. The molecule has 0 saturated carbocycles. The number of rotatable bonds is 3. The van der Waals surface area contributed by atoms with Gasteiger partial charge >= 0.3 is 0 Å². The molecule has 0 bridgehead atoms. The minimum Gasteiger partial charge on any atom is -0.496 e. The fourth-order valence-corrected chi connectivity index (χ4v) is 3.50. The SMILES string of the molecule is COc1ccccc1C1CNCCN1C(=O)c1cnc2ccccn2c1=O. The topological polar surface area (TPSA) is 75.9 Å². The Hall–Kier alpha value is -3.19. The smallest absolute Gasteiger partial charge is 0.270 e. The molecule has 1 saturated heterocycles. The van der Waals surface area contributed by atoms with Crippen LogP contribution in [0.3, 0.4) is 0 Å². The van der Waals surface area contributed by atoms with Crippen LogP contribution < -0.4 is 15.6 Å². The van der Waals surface area contributed by atoms with E-state index in [1.54, 1.807) is 36.4 Å². The Labute approximate surface area is 156 Å². The van der Waals surface area contributed by atoms with E-state index in [1.807, 2.05) is 24.3 Å². The van der Waals surface area contributed by atoms with E-state index in [-0.39, 0.29) is 23.1 Å². The molecule has 4 rings (SSSR count). The highest BCUT2D eigenvalue weighted by Gasteiger charge is 2.31. The number of hydrogen-bond donors (Lipinski definition) is 1. The quantitative estimate of drug-likeness (QED) is 0.762. The summed E-state index contributed by atoms with van der Waals surface area (Å²) in [5.74, 6) is 0.403. The third-order valence-electron chi connectivity index (χ3n) is 4.85. The van der Waals surface area contributed by atoms with Gasteiger partial charge in [0.1, 0.15) is 17.0 Å². The summed E-state index contributed by atoms with van der Waals surface area (Å²) in [6.45, 7) is 1.76. The molecule has 7 heteroatoms. The number of methoxy groups -OCH3 is 1. The van der Waals surface area contributed by atoms with Crippen molar-refractivity contribution in [1.82, 2.24) is 19.6 Å². The Kier molecular flexibility index (Phi) is 4.60. The van der Waals surface area contributed by atoms with Crippen LogP contribution in [-0.2, 0) is 0 Å². The van der Waals surface area contributed by atoms with Crippen LogP contribution >= 0.6 is 0 Å². The molecular weight excluding hydrogens is 344 g/mol. The van der Waals surface area contributed by atoms with Crippen molar-refractivity contribution in [2.45, 2.75) is 6.04 Å². The second kappa shape index (κ2) is 7.20. The number of nitrogens with zero attached hydrogens (tertiary/aromatic N) is 3. The van der Waals surface area contributed by atoms with E-state index < -0.39 is 0 Å². The van der Waals surface area contributed by atoms with E-state index >= 15 is 0 Å². The van der Waals surface area contributed by atoms with Crippen LogP contribution in [0.4, 0.5) is 0 Å². The van der Waals surface area contributed by atoms with Gasteiger partial charge in [-0.15, -0.1) is 0 Å². The van der Waals surface area contributed by atoms with Crippen molar-refractivity contribution < 1.29 is 9.53 Å². The lowest BCUT2D eigenvalue weighted by molar-refractivity contribution is 0.0629. The minimum atomic E-state index is -0.358. The second-order valence-corrected chi connectivity index (χ2v) is 6.37. The molecule has 0 aliphatic carbocycles. The van der Waals surface area contributed by atoms with Gasteiger partial charge in [0.15, 0.2) is 0 Å². The number of carbonyl (C=O) groups is 1. The zero-order valence-corrected chi connectivity index (χ0v) is 15.0. The van der Waals surface area contributed by atoms with Crippen LogP contribution in [0.5, 0.6) is 5.75 Å². The van der Waals surface area contributed by atoms with Gasteiger partial charge in [-0.25, -0.2) is 4.98 Å². The molecule has 1 amide bonds. The van der Waals surface area contributed by atoms with Gasteiger partial charge in [-0.1, -0.05) is 24.3 Å². The van der Waals surface area contributed by atoms with E-state index in [0.717, 1.165) is 11.3 Å². The lowest BCUT2D eigenvalue weighted by atomic mass is 10.0. The van der Waals surface area contributed by atoms with E-state index in [2.05, 4.69) is 10.3 Å². The molecule has 3 heterocycles.